The van der Waals surface area contributed by atoms with Crippen LogP contribution in [0.15, 0.2) is 24.3 Å². The highest BCUT2D eigenvalue weighted by Gasteiger charge is 2.29. The Morgan fingerprint density at radius 3 is 2.38 bits per heavy atom. The van der Waals surface area contributed by atoms with Crippen LogP contribution in [0.3, 0.4) is 0 Å². The highest BCUT2D eigenvalue weighted by molar-refractivity contribution is 5.85. The van der Waals surface area contributed by atoms with Gasteiger partial charge in [0.1, 0.15) is 5.69 Å². The second-order valence-electron chi connectivity index (χ2n) is 6.08. The molecular formula is C16H23ClN4O3. The highest BCUT2D eigenvalue weighted by atomic mass is 35.5. The monoisotopic (exact) mass is 354 g/mol. The summed E-state index contributed by atoms with van der Waals surface area (Å²) < 4.78 is 0. The number of nitrogens with one attached hydrogen (secondary N) is 1. The third-order valence-electron chi connectivity index (χ3n) is 4.70. The molecule has 0 atom stereocenters. The minimum atomic E-state index is -0.345. The normalized spacial score (nSPS) is 18.8. The van der Waals surface area contributed by atoms with Crippen molar-refractivity contribution in [1.29, 1.82) is 0 Å². The molecule has 7 nitrogen and oxygen atoms in total. The number of nitrogens with zero attached hydrogens (tertiary/aromatic N) is 3. The maximum atomic E-state index is 12.5. The van der Waals surface area contributed by atoms with Gasteiger partial charge in [-0.25, -0.2) is 0 Å². The van der Waals surface area contributed by atoms with Crippen molar-refractivity contribution in [1.82, 2.24) is 10.2 Å². The molecular weight excluding hydrogens is 332 g/mol. The van der Waals surface area contributed by atoms with Crippen LogP contribution in [-0.4, -0.2) is 55.0 Å². The summed E-state index contributed by atoms with van der Waals surface area (Å²) in [6.07, 6.45) is 1.81. The van der Waals surface area contributed by atoms with Crippen LogP contribution in [0.4, 0.5) is 11.4 Å². The Kier molecular flexibility index (Phi) is 6.39. The van der Waals surface area contributed by atoms with E-state index in [4.69, 9.17) is 0 Å². The molecule has 2 saturated heterocycles. The van der Waals surface area contributed by atoms with Crippen LogP contribution >= 0.6 is 12.4 Å². The number of carbonyl (C=O) groups excluding carboxylic acids is 1. The number of halogens is 1. The van der Waals surface area contributed by atoms with E-state index in [1.807, 2.05) is 15.9 Å². The van der Waals surface area contributed by atoms with Crippen molar-refractivity contribution in [3.63, 3.8) is 0 Å². The van der Waals surface area contributed by atoms with Gasteiger partial charge >= 0.3 is 0 Å². The van der Waals surface area contributed by atoms with Gasteiger partial charge in [-0.1, -0.05) is 12.1 Å². The van der Waals surface area contributed by atoms with E-state index in [9.17, 15) is 14.9 Å². The van der Waals surface area contributed by atoms with E-state index in [-0.39, 0.29) is 34.8 Å². The molecule has 0 bridgehead atoms. The number of piperidine rings is 1. The van der Waals surface area contributed by atoms with Crippen LogP contribution in [0.1, 0.15) is 12.8 Å². The van der Waals surface area contributed by atoms with Gasteiger partial charge in [0.2, 0.25) is 5.91 Å². The summed E-state index contributed by atoms with van der Waals surface area (Å²) in [5, 5.41) is 14.4. The predicted octanol–water partition coefficient (Wildman–Crippen LogP) is 1.66. The zero-order valence-electron chi connectivity index (χ0n) is 13.5. The van der Waals surface area contributed by atoms with E-state index in [1.165, 1.54) is 6.07 Å². The van der Waals surface area contributed by atoms with Crippen LogP contribution in [0, 0.1) is 16.0 Å². The van der Waals surface area contributed by atoms with E-state index in [0.29, 0.717) is 31.9 Å². The van der Waals surface area contributed by atoms with Crippen molar-refractivity contribution >= 4 is 29.7 Å². The lowest BCUT2D eigenvalue weighted by Crippen LogP contribution is -2.51. The zero-order chi connectivity index (χ0) is 16.2. The number of nitro benzene ring substituents is 1. The number of hydrogen-bond donors (Lipinski definition) is 1. The Labute approximate surface area is 147 Å². The molecule has 1 amide bonds. The fourth-order valence-corrected chi connectivity index (χ4v) is 3.38. The smallest absolute Gasteiger partial charge is 0.292 e. The van der Waals surface area contributed by atoms with Gasteiger partial charge in [-0.3, -0.25) is 14.9 Å². The van der Waals surface area contributed by atoms with Gasteiger partial charge < -0.3 is 15.1 Å². The van der Waals surface area contributed by atoms with Gasteiger partial charge in [0.25, 0.3) is 5.69 Å². The number of benzene rings is 1. The van der Waals surface area contributed by atoms with Crippen molar-refractivity contribution in [3.8, 4) is 0 Å². The maximum absolute atomic E-state index is 12.5. The fourth-order valence-electron chi connectivity index (χ4n) is 3.38. The zero-order valence-corrected chi connectivity index (χ0v) is 14.3. The number of anilines is 1. The topological polar surface area (TPSA) is 78.7 Å². The van der Waals surface area contributed by atoms with Crippen LogP contribution in [-0.2, 0) is 4.79 Å². The molecule has 2 fully saturated rings. The lowest BCUT2D eigenvalue weighted by atomic mass is 9.96. The van der Waals surface area contributed by atoms with Crippen LogP contribution in [0.25, 0.3) is 0 Å². The van der Waals surface area contributed by atoms with E-state index in [1.54, 1.807) is 12.1 Å². The predicted molar refractivity (Wildman–Crippen MR) is 94.7 cm³/mol. The number of piperazine rings is 1. The van der Waals surface area contributed by atoms with Crippen molar-refractivity contribution in [2.45, 2.75) is 12.8 Å². The summed E-state index contributed by atoms with van der Waals surface area (Å²) in [7, 11) is 0. The lowest BCUT2D eigenvalue weighted by Gasteiger charge is -2.38. The molecule has 24 heavy (non-hydrogen) atoms. The lowest BCUT2D eigenvalue weighted by molar-refractivity contribution is -0.384. The summed E-state index contributed by atoms with van der Waals surface area (Å²) in [6.45, 7) is 4.37. The van der Waals surface area contributed by atoms with Gasteiger partial charge in [-0.15, -0.1) is 12.4 Å². The molecule has 2 aliphatic heterocycles. The molecule has 0 spiro atoms. The second kappa shape index (κ2) is 8.30. The van der Waals surface area contributed by atoms with Gasteiger partial charge in [0, 0.05) is 38.2 Å². The molecule has 1 N–H and O–H groups in total. The van der Waals surface area contributed by atoms with Crippen molar-refractivity contribution < 1.29 is 9.72 Å². The standard InChI is InChI=1S/C16H22N4O3.ClH/c21-16(13-5-7-17-8-6-13)19-11-9-18(10-12-19)14-3-1-2-4-15(14)20(22)23;/h1-4,13,17H,5-12H2;1H. The third-order valence-corrected chi connectivity index (χ3v) is 4.70. The van der Waals surface area contributed by atoms with Crippen molar-refractivity contribution in [3.05, 3.63) is 34.4 Å². The molecule has 1 aromatic carbocycles. The van der Waals surface area contributed by atoms with E-state index in [2.05, 4.69) is 5.32 Å². The minimum absolute atomic E-state index is 0. The Hall–Kier alpha value is -1.86. The SMILES string of the molecule is Cl.O=C(C1CCNCC1)N1CCN(c2ccccc2[N+](=O)[O-])CC1. The molecule has 2 aliphatic rings. The first-order chi connectivity index (χ1) is 11.2. The van der Waals surface area contributed by atoms with E-state index >= 15 is 0 Å². The fraction of sp³-hybridized carbons (Fsp3) is 0.562. The van der Waals surface area contributed by atoms with E-state index < -0.39 is 0 Å². The van der Waals surface area contributed by atoms with Gasteiger partial charge in [0.15, 0.2) is 0 Å². The molecule has 0 radical (unpaired) electrons. The van der Waals surface area contributed by atoms with Crippen molar-refractivity contribution in [2.24, 2.45) is 5.92 Å². The number of hydrogen-bond acceptors (Lipinski definition) is 5. The quantitative estimate of drug-likeness (QED) is 0.659. The molecule has 0 unspecified atom stereocenters. The number of rotatable bonds is 3. The van der Waals surface area contributed by atoms with Crippen LogP contribution in [0.5, 0.6) is 0 Å². The molecule has 0 aromatic heterocycles. The number of amides is 1. The molecule has 3 rings (SSSR count). The van der Waals surface area contributed by atoms with E-state index in [0.717, 1.165) is 25.9 Å². The first-order valence-corrected chi connectivity index (χ1v) is 8.14. The first kappa shape index (κ1) is 18.5. The largest absolute Gasteiger partial charge is 0.362 e. The third kappa shape index (κ3) is 3.96. The average Bonchev–Trinajstić information content (AvgIpc) is 2.62. The molecule has 132 valence electrons. The van der Waals surface area contributed by atoms with Gasteiger partial charge in [0.05, 0.1) is 4.92 Å². The summed E-state index contributed by atoms with van der Waals surface area (Å²) in [6, 6.07) is 6.80. The average molecular weight is 355 g/mol. The minimum Gasteiger partial charge on any atom is -0.362 e. The molecule has 2 heterocycles. The molecule has 0 aliphatic carbocycles. The molecule has 0 saturated carbocycles. The van der Waals surface area contributed by atoms with Crippen LogP contribution in [0.2, 0.25) is 0 Å². The Balaban J connectivity index is 0.00000208. The number of para-hydroxylation sites is 2. The van der Waals surface area contributed by atoms with Crippen LogP contribution < -0.4 is 10.2 Å². The Morgan fingerprint density at radius 2 is 1.75 bits per heavy atom. The summed E-state index contributed by atoms with van der Waals surface area (Å²) in [5.74, 6) is 0.377. The molecule has 8 heteroatoms. The summed E-state index contributed by atoms with van der Waals surface area (Å²) in [4.78, 5) is 27.3. The second-order valence-corrected chi connectivity index (χ2v) is 6.08. The van der Waals surface area contributed by atoms with Crippen molar-refractivity contribution in [2.75, 3.05) is 44.2 Å². The number of carbonyl (C=O) groups is 1. The molecule has 1 aromatic rings. The Bertz CT molecular complexity index is 584. The van der Waals surface area contributed by atoms with Gasteiger partial charge in [-0.2, -0.15) is 0 Å². The maximum Gasteiger partial charge on any atom is 0.292 e. The summed E-state index contributed by atoms with van der Waals surface area (Å²) >= 11 is 0. The Morgan fingerprint density at radius 1 is 1.12 bits per heavy atom. The number of nitro groups is 1. The first-order valence-electron chi connectivity index (χ1n) is 8.14. The summed E-state index contributed by atoms with van der Waals surface area (Å²) in [5.41, 5.74) is 0.775. The highest BCUT2D eigenvalue weighted by Crippen LogP contribution is 2.28. The van der Waals surface area contributed by atoms with Gasteiger partial charge in [-0.05, 0) is 32.0 Å².